The first-order valence-corrected chi connectivity index (χ1v) is 13.6. The third-order valence-electron chi connectivity index (χ3n) is 5.21. The van der Waals surface area contributed by atoms with Gasteiger partial charge in [-0.3, -0.25) is 0 Å². The number of carboxylic acid groups (broad SMARTS) is 1. The van der Waals surface area contributed by atoms with Gasteiger partial charge < -0.3 is 34.7 Å². The van der Waals surface area contributed by atoms with Gasteiger partial charge in [-0.15, -0.1) is 0 Å². The van der Waals surface area contributed by atoms with Gasteiger partial charge in [0.05, 0.1) is 29.4 Å². The van der Waals surface area contributed by atoms with E-state index in [9.17, 15) is 22.9 Å². The number of benzene rings is 2. The number of hydrogen-bond acceptors (Lipinski definition) is 12. The summed E-state index contributed by atoms with van der Waals surface area (Å²) in [6.45, 7) is 3.07. The number of methoxy groups -OCH3 is 2. The van der Waals surface area contributed by atoms with Gasteiger partial charge in [-0.25, -0.2) is 13.2 Å². The molecule has 0 aliphatic rings. The molecule has 16 heteroatoms. The molecule has 0 atom stereocenters. The molecule has 0 aliphatic carbocycles. The van der Waals surface area contributed by atoms with Gasteiger partial charge in [0, 0.05) is 36.6 Å². The van der Waals surface area contributed by atoms with Crippen molar-refractivity contribution in [2.75, 3.05) is 56.1 Å². The number of anilines is 5. The zero-order chi connectivity index (χ0) is 27.9. The number of aryl methyl sites for hydroxylation is 1. The molecule has 0 saturated carbocycles. The summed E-state index contributed by atoms with van der Waals surface area (Å²) in [6.07, 6.45) is 0. The molecule has 0 bridgehead atoms. The van der Waals surface area contributed by atoms with Crippen LogP contribution in [0.4, 0.5) is 29.2 Å². The SMILES string of the molecule is COCCN(CCOC)c1nc(Nc2ccc(C)c(S(=O)(=O)[O-])c2)nc(Nc2ccc(I)cc2C(=O)O)n1.[Na+]. The molecule has 1 aromatic heterocycles. The number of ether oxygens (including phenoxy) is 2. The zero-order valence-electron chi connectivity index (χ0n) is 21.8. The van der Waals surface area contributed by atoms with E-state index in [0.29, 0.717) is 31.9 Å². The average Bonchev–Trinajstić information content (AvgIpc) is 2.85. The Morgan fingerprint density at radius 1 is 1.03 bits per heavy atom. The van der Waals surface area contributed by atoms with Crippen molar-refractivity contribution in [1.82, 2.24) is 15.0 Å². The smallest absolute Gasteiger partial charge is 0.744 e. The standard InChI is InChI=1S/C23H27IN6O7S.Na/c1-14-4-6-16(13-19(14)38(33,34)35)25-21-27-22(26-18-7-5-15(24)12-17(18)20(31)32)29-23(28-21)30(8-10-36-2)9-11-37-3;/h4-7,12-13H,8-11H2,1-3H3,(H,31,32)(H,33,34,35)(H2,25,26,27,28,29);/q;+1/p-1. The topological polar surface area (TPSA) is 179 Å². The summed E-state index contributed by atoms with van der Waals surface area (Å²) in [5.74, 6) is -0.848. The maximum Gasteiger partial charge on any atom is 1.00 e. The fraction of sp³-hybridized carbons (Fsp3) is 0.304. The summed E-state index contributed by atoms with van der Waals surface area (Å²) >= 11 is 2.02. The molecule has 13 nitrogen and oxygen atoms in total. The van der Waals surface area contributed by atoms with Crippen LogP contribution in [0, 0.1) is 10.5 Å². The summed E-state index contributed by atoms with van der Waals surface area (Å²) in [5, 5.41) is 15.5. The number of rotatable bonds is 13. The maximum atomic E-state index is 11.8. The first kappa shape index (κ1) is 33.1. The molecular formula is C23H26IN6NaO7S. The molecule has 3 aromatic rings. The van der Waals surface area contributed by atoms with Crippen LogP contribution in [0.25, 0.3) is 0 Å². The predicted octanol–water partition coefficient (Wildman–Crippen LogP) is -0.0227. The van der Waals surface area contributed by atoms with E-state index < -0.39 is 16.1 Å². The molecule has 3 rings (SSSR count). The second-order valence-corrected chi connectivity index (χ2v) is 10.5. The van der Waals surface area contributed by atoms with Gasteiger partial charge in [-0.1, -0.05) is 6.07 Å². The maximum absolute atomic E-state index is 11.8. The molecule has 0 spiro atoms. The van der Waals surface area contributed by atoms with Gasteiger partial charge in [0.2, 0.25) is 17.8 Å². The molecule has 0 saturated heterocycles. The third-order valence-corrected chi connectivity index (χ3v) is 6.86. The van der Waals surface area contributed by atoms with E-state index in [1.54, 1.807) is 37.3 Å². The number of nitrogens with zero attached hydrogens (tertiary/aromatic N) is 4. The minimum absolute atomic E-state index is 0. The number of aromatic nitrogens is 3. The fourth-order valence-electron chi connectivity index (χ4n) is 3.33. The van der Waals surface area contributed by atoms with Crippen LogP contribution in [-0.4, -0.2) is 79.5 Å². The van der Waals surface area contributed by atoms with Gasteiger partial charge in [0.25, 0.3) is 0 Å². The molecule has 0 radical (unpaired) electrons. The monoisotopic (exact) mass is 680 g/mol. The molecular weight excluding hydrogens is 654 g/mol. The van der Waals surface area contributed by atoms with Crippen molar-refractivity contribution in [3.63, 3.8) is 0 Å². The number of carboxylic acids is 1. The first-order valence-electron chi connectivity index (χ1n) is 11.1. The van der Waals surface area contributed by atoms with E-state index in [1.807, 2.05) is 22.6 Å². The Balaban J connectivity index is 0.00000533. The molecule has 0 unspecified atom stereocenters. The largest absolute Gasteiger partial charge is 1.00 e. The van der Waals surface area contributed by atoms with Crippen LogP contribution in [-0.2, 0) is 19.6 Å². The van der Waals surface area contributed by atoms with Gasteiger partial charge in [-0.05, 0) is 65.4 Å². The van der Waals surface area contributed by atoms with Crippen molar-refractivity contribution in [2.24, 2.45) is 0 Å². The normalized spacial score (nSPS) is 11.0. The quantitative estimate of drug-likeness (QED) is 0.125. The van der Waals surface area contributed by atoms with Crippen LogP contribution < -0.4 is 45.1 Å². The van der Waals surface area contributed by atoms with Crippen molar-refractivity contribution < 1.29 is 61.9 Å². The van der Waals surface area contributed by atoms with E-state index in [-0.39, 0.29) is 69.2 Å². The van der Waals surface area contributed by atoms with Crippen molar-refractivity contribution >= 4 is 67.9 Å². The van der Waals surface area contributed by atoms with Crippen LogP contribution in [0.5, 0.6) is 0 Å². The molecule has 1 heterocycles. The number of nitrogens with one attached hydrogen (secondary N) is 2. The van der Waals surface area contributed by atoms with Crippen molar-refractivity contribution in [3.8, 4) is 0 Å². The van der Waals surface area contributed by atoms with Crippen molar-refractivity contribution in [3.05, 3.63) is 51.1 Å². The van der Waals surface area contributed by atoms with Crippen LogP contribution in [0.15, 0.2) is 41.3 Å². The Morgan fingerprint density at radius 3 is 2.21 bits per heavy atom. The predicted molar refractivity (Wildman–Crippen MR) is 148 cm³/mol. The Bertz CT molecular complexity index is 1410. The Kier molecular flexibility index (Phi) is 12.8. The summed E-state index contributed by atoms with van der Waals surface area (Å²) in [6, 6.07) is 9.10. The fourth-order valence-corrected chi connectivity index (χ4v) is 4.56. The third kappa shape index (κ3) is 9.49. The van der Waals surface area contributed by atoms with Crippen molar-refractivity contribution in [2.45, 2.75) is 11.8 Å². The van der Waals surface area contributed by atoms with Gasteiger partial charge in [0.15, 0.2) is 0 Å². The number of aromatic carboxylic acids is 1. The molecule has 2 aromatic carbocycles. The number of hydrogen-bond donors (Lipinski definition) is 3. The van der Waals surface area contributed by atoms with E-state index in [1.165, 1.54) is 25.1 Å². The molecule has 39 heavy (non-hydrogen) atoms. The van der Waals surface area contributed by atoms with Crippen LogP contribution in [0.3, 0.4) is 0 Å². The second kappa shape index (κ2) is 15.0. The van der Waals surface area contributed by atoms with Gasteiger partial charge in [0.1, 0.15) is 10.1 Å². The molecule has 0 aliphatic heterocycles. The zero-order valence-corrected chi connectivity index (χ0v) is 26.7. The Morgan fingerprint density at radius 2 is 1.64 bits per heavy atom. The minimum atomic E-state index is -4.70. The van der Waals surface area contributed by atoms with Gasteiger partial charge >= 0.3 is 35.5 Å². The summed E-state index contributed by atoms with van der Waals surface area (Å²) < 4.78 is 46.1. The molecule has 0 amide bonds. The van der Waals surface area contributed by atoms with Crippen LogP contribution in [0.1, 0.15) is 15.9 Å². The van der Waals surface area contributed by atoms with Crippen LogP contribution >= 0.6 is 22.6 Å². The Labute approximate surface area is 261 Å². The van der Waals surface area contributed by atoms with E-state index in [2.05, 4.69) is 25.6 Å². The molecule has 204 valence electrons. The van der Waals surface area contributed by atoms with E-state index in [0.717, 1.165) is 3.57 Å². The van der Waals surface area contributed by atoms with Gasteiger partial charge in [-0.2, -0.15) is 15.0 Å². The molecule has 0 fully saturated rings. The Hall–Kier alpha value is -2.12. The minimum Gasteiger partial charge on any atom is -0.744 e. The summed E-state index contributed by atoms with van der Waals surface area (Å²) in [7, 11) is -1.58. The molecule has 3 N–H and O–H groups in total. The average molecular weight is 680 g/mol. The van der Waals surface area contributed by atoms with Crippen LogP contribution in [0.2, 0.25) is 0 Å². The van der Waals surface area contributed by atoms with E-state index >= 15 is 0 Å². The number of halogens is 1. The summed E-state index contributed by atoms with van der Waals surface area (Å²) in [5.41, 5.74) is 0.840. The summed E-state index contributed by atoms with van der Waals surface area (Å²) in [4.78, 5) is 26.5. The second-order valence-electron chi connectivity index (χ2n) is 7.93. The number of carbonyl (C=O) groups is 1. The van der Waals surface area contributed by atoms with Crippen molar-refractivity contribution in [1.29, 1.82) is 0 Å². The van der Waals surface area contributed by atoms with E-state index in [4.69, 9.17) is 9.47 Å². The first-order chi connectivity index (χ1) is 18.0.